The summed E-state index contributed by atoms with van der Waals surface area (Å²) in [5.74, 6) is 0. The minimum Gasteiger partial charge on any atom is -0.870 e. The molecule has 28 valence electrons. The quantitative estimate of drug-likeness (QED) is 0.391. The smallest absolute Gasteiger partial charge is 0 e. The molecule has 0 aliphatic carbocycles. The van der Waals surface area contributed by atoms with Crippen molar-refractivity contribution in [1.82, 2.24) is 0 Å². The molecular weight excluding hydrogens is 121 g/mol. The Bertz CT molecular complexity index is 3.25. The molecule has 4 heteroatoms. The molecule has 0 aromatic carbocycles. The summed E-state index contributed by atoms with van der Waals surface area (Å²) in [6.45, 7) is 0. The Balaban J connectivity index is 0. The Morgan fingerprint density at radius 2 is 0.500 bits per heavy atom. The van der Waals surface area contributed by atoms with Crippen LogP contribution in [-0.2, 0) is 0 Å². The zero-order chi connectivity index (χ0) is 0. The van der Waals surface area contributed by atoms with Crippen LogP contribution in [0.15, 0.2) is 0 Å². The van der Waals surface area contributed by atoms with Crippen molar-refractivity contribution in [3.8, 4) is 0 Å². The van der Waals surface area contributed by atoms with Gasteiger partial charge in [0.2, 0.25) is 0 Å². The third-order valence-corrected chi connectivity index (χ3v) is 0. The van der Waals surface area contributed by atoms with Gasteiger partial charge in [-0.15, -0.1) is 0 Å². The Morgan fingerprint density at radius 1 is 0.500 bits per heavy atom. The van der Waals surface area contributed by atoms with Gasteiger partial charge in [-0.1, -0.05) is 0 Å². The van der Waals surface area contributed by atoms with E-state index in [0.717, 1.165) is 0 Å². The number of rotatable bonds is 0. The Kier molecular flexibility index (Phi) is 8140. The topological polar surface area (TPSA) is 90.0 Å². The maximum atomic E-state index is 0. The molecule has 0 spiro atoms. The second-order valence-corrected chi connectivity index (χ2v) is 0. The van der Waals surface area contributed by atoms with Gasteiger partial charge in [0.25, 0.3) is 0 Å². The summed E-state index contributed by atoms with van der Waals surface area (Å²) in [4.78, 5) is 0. The molecule has 0 aliphatic rings. The molecule has 0 amide bonds. The molecule has 3 nitrogen and oxygen atoms in total. The molecule has 0 fully saturated rings. The Labute approximate surface area is 34.9 Å². The summed E-state index contributed by atoms with van der Waals surface area (Å²) in [6, 6.07) is 0. The van der Waals surface area contributed by atoms with Crippen molar-refractivity contribution in [2.24, 2.45) is 0 Å². The van der Waals surface area contributed by atoms with E-state index in [1.165, 1.54) is 0 Å². The fraction of sp³-hybridized carbons (Fsp3) is 0. The molecule has 0 aliphatic heterocycles. The van der Waals surface area contributed by atoms with Crippen LogP contribution < -0.4 is 0 Å². The van der Waals surface area contributed by atoms with Crippen LogP contribution in [0, 0.1) is 0 Å². The Hall–Kier alpha value is 0.423. The van der Waals surface area contributed by atoms with Crippen molar-refractivity contribution in [1.29, 1.82) is 0 Å². The fourth-order valence-electron chi connectivity index (χ4n) is 0. The zero-order valence-electron chi connectivity index (χ0n) is 1.84. The predicted molar refractivity (Wildman–Crippen MR) is 11.6 cm³/mol. The van der Waals surface area contributed by atoms with Gasteiger partial charge in [0.1, 0.15) is 0 Å². The van der Waals surface area contributed by atoms with Crippen molar-refractivity contribution in [2.75, 3.05) is 0 Å². The van der Waals surface area contributed by atoms with Gasteiger partial charge in [0.05, 0.1) is 0 Å². The third-order valence-electron chi connectivity index (χ3n) is 0. The minimum atomic E-state index is 0. The van der Waals surface area contributed by atoms with Crippen molar-refractivity contribution in [2.45, 2.75) is 0 Å². The largest absolute Gasteiger partial charge is 0.870 e. The summed E-state index contributed by atoms with van der Waals surface area (Å²) in [7, 11) is 0. The average Bonchev–Trinajstić information content (AvgIpc) is 0. The molecule has 0 atom stereocenters. The maximum Gasteiger partial charge on any atom is 0 e. The second-order valence-electron chi connectivity index (χ2n) is 0. The van der Waals surface area contributed by atoms with Crippen molar-refractivity contribution < 1.29 is 16.4 Å². The molecule has 0 aromatic rings. The first-order chi connectivity index (χ1) is 0. The third kappa shape index (κ3) is 27.4. The van der Waals surface area contributed by atoms with Gasteiger partial charge in [-0.25, -0.2) is 0 Å². The number of hydrogen-bond donors (Lipinski definition) is 0. The van der Waals surface area contributed by atoms with E-state index in [9.17, 15) is 0 Å². The molecule has 0 bridgehead atoms. The van der Waals surface area contributed by atoms with Crippen LogP contribution in [0.4, 0.5) is 0 Å². The summed E-state index contributed by atoms with van der Waals surface area (Å²) in [5, 5.41) is 0. The van der Waals surface area contributed by atoms with Crippen molar-refractivity contribution >= 4 is 17.6 Å². The van der Waals surface area contributed by atoms with Crippen LogP contribution in [0.1, 0.15) is 0 Å². The number of hydrogen-bond acceptors (Lipinski definition) is 3. The second kappa shape index (κ2) is 112. The summed E-state index contributed by atoms with van der Waals surface area (Å²) in [5.41, 5.74) is 0. The van der Waals surface area contributed by atoms with Gasteiger partial charge in [-0.2, -0.15) is 0 Å². The van der Waals surface area contributed by atoms with E-state index in [4.69, 9.17) is 0 Å². The molecule has 0 heterocycles. The van der Waals surface area contributed by atoms with Crippen LogP contribution in [0.3, 0.4) is 0 Å². The molecule has 0 unspecified atom stereocenters. The monoisotopic (exact) mass is 125 g/mol. The molecular formula is H3GeO3-3. The Morgan fingerprint density at radius 3 is 0.500 bits per heavy atom. The van der Waals surface area contributed by atoms with Gasteiger partial charge >= 0.3 is 0 Å². The normalized spacial score (nSPS) is 0. The van der Waals surface area contributed by atoms with E-state index >= 15 is 0 Å². The SMILES string of the molecule is [Ge].[OH-].[OH-].[OH-]. The van der Waals surface area contributed by atoms with Crippen LogP contribution in [0.5, 0.6) is 0 Å². The van der Waals surface area contributed by atoms with Gasteiger partial charge in [-0.3, -0.25) is 0 Å². The van der Waals surface area contributed by atoms with Gasteiger partial charge < -0.3 is 16.4 Å². The first-order valence-corrected chi connectivity index (χ1v) is 0. The molecule has 4 radical (unpaired) electrons. The van der Waals surface area contributed by atoms with Gasteiger partial charge in [0, 0.05) is 17.6 Å². The predicted octanol–water partition coefficient (Wildman–Crippen LogP) is -0.911. The fourth-order valence-corrected chi connectivity index (χ4v) is 0. The maximum absolute atomic E-state index is 0. The average molecular weight is 124 g/mol. The van der Waals surface area contributed by atoms with E-state index < -0.39 is 0 Å². The van der Waals surface area contributed by atoms with Crippen LogP contribution >= 0.6 is 0 Å². The van der Waals surface area contributed by atoms with Crippen LogP contribution in [-0.4, -0.2) is 34.0 Å². The van der Waals surface area contributed by atoms with Crippen molar-refractivity contribution in [3.63, 3.8) is 0 Å². The first kappa shape index (κ1) is 290. The van der Waals surface area contributed by atoms with Gasteiger partial charge in [0.15, 0.2) is 0 Å². The van der Waals surface area contributed by atoms with E-state index in [0.29, 0.717) is 0 Å². The van der Waals surface area contributed by atoms with Crippen LogP contribution in [0.25, 0.3) is 0 Å². The molecule has 0 saturated heterocycles. The molecule has 0 aromatic heterocycles. The first-order valence-electron chi connectivity index (χ1n) is 0. The standard InChI is InChI=1S/Ge.3H2O/h;3*1H2/p-3. The zero-order valence-corrected chi connectivity index (χ0v) is 3.94. The molecule has 4 heavy (non-hydrogen) atoms. The summed E-state index contributed by atoms with van der Waals surface area (Å²) >= 11 is 0. The van der Waals surface area contributed by atoms with Gasteiger partial charge in [-0.05, 0) is 0 Å². The molecule has 0 rings (SSSR count). The minimum absolute atomic E-state index is 0. The molecule has 3 N–H and O–H groups in total. The molecule has 0 saturated carbocycles. The summed E-state index contributed by atoms with van der Waals surface area (Å²) in [6.07, 6.45) is 0. The summed E-state index contributed by atoms with van der Waals surface area (Å²) < 4.78 is 0. The van der Waals surface area contributed by atoms with E-state index in [-0.39, 0.29) is 34.0 Å². The van der Waals surface area contributed by atoms with Crippen LogP contribution in [0.2, 0.25) is 0 Å². The van der Waals surface area contributed by atoms with E-state index in [1.54, 1.807) is 0 Å². The van der Waals surface area contributed by atoms with E-state index in [1.807, 2.05) is 0 Å². The van der Waals surface area contributed by atoms with Crippen molar-refractivity contribution in [3.05, 3.63) is 0 Å². The van der Waals surface area contributed by atoms with E-state index in [2.05, 4.69) is 0 Å².